The molecule has 2 amide bonds. The Labute approximate surface area is 175 Å². The third kappa shape index (κ3) is 5.09. The molecule has 156 valence electrons. The first kappa shape index (κ1) is 21.2. The van der Waals surface area contributed by atoms with Crippen LogP contribution in [0.15, 0.2) is 41.8 Å². The molecular formula is C22H28N2O4S. The number of carbonyl (C=O) groups is 2. The van der Waals surface area contributed by atoms with Crippen LogP contribution in [0.2, 0.25) is 0 Å². The summed E-state index contributed by atoms with van der Waals surface area (Å²) in [5.41, 5.74) is 0.386. The van der Waals surface area contributed by atoms with E-state index in [1.54, 1.807) is 30.6 Å². The summed E-state index contributed by atoms with van der Waals surface area (Å²) in [6, 6.07) is 11.4. The van der Waals surface area contributed by atoms with E-state index in [0.29, 0.717) is 24.4 Å². The van der Waals surface area contributed by atoms with Gasteiger partial charge < -0.3 is 20.1 Å². The Balaban J connectivity index is 1.68. The van der Waals surface area contributed by atoms with Crippen LogP contribution in [0.5, 0.6) is 5.75 Å². The highest BCUT2D eigenvalue weighted by atomic mass is 32.1. The monoisotopic (exact) mass is 416 g/mol. The van der Waals surface area contributed by atoms with Gasteiger partial charge in [-0.2, -0.15) is 0 Å². The van der Waals surface area contributed by atoms with Crippen LogP contribution in [0, 0.1) is 0 Å². The van der Waals surface area contributed by atoms with Gasteiger partial charge >= 0.3 is 6.09 Å². The van der Waals surface area contributed by atoms with Crippen molar-refractivity contribution in [3.05, 3.63) is 52.2 Å². The van der Waals surface area contributed by atoms with Gasteiger partial charge in [0.15, 0.2) is 0 Å². The molecule has 3 rings (SSSR count). The van der Waals surface area contributed by atoms with Crippen molar-refractivity contribution in [2.45, 2.75) is 44.1 Å². The Morgan fingerprint density at radius 2 is 1.90 bits per heavy atom. The number of para-hydroxylation sites is 1. The van der Waals surface area contributed by atoms with Crippen LogP contribution < -0.4 is 15.4 Å². The van der Waals surface area contributed by atoms with E-state index in [1.807, 2.05) is 25.1 Å². The van der Waals surface area contributed by atoms with Crippen LogP contribution in [-0.4, -0.2) is 38.3 Å². The molecule has 0 spiro atoms. The lowest BCUT2D eigenvalue weighted by Gasteiger charge is -2.39. The minimum absolute atomic E-state index is 0.0837. The van der Waals surface area contributed by atoms with Crippen LogP contribution in [0.4, 0.5) is 4.79 Å². The van der Waals surface area contributed by atoms with Crippen LogP contribution in [-0.2, 0) is 10.2 Å². The van der Waals surface area contributed by atoms with E-state index < -0.39 is 0 Å². The molecule has 0 bridgehead atoms. The van der Waals surface area contributed by atoms with E-state index in [1.165, 1.54) is 4.88 Å². The largest absolute Gasteiger partial charge is 0.496 e. The highest BCUT2D eigenvalue weighted by molar-refractivity contribution is 7.10. The van der Waals surface area contributed by atoms with Crippen molar-refractivity contribution in [2.75, 3.05) is 20.2 Å². The second-order valence-corrected chi connectivity index (χ2v) is 8.22. The Hall–Kier alpha value is -2.54. The molecule has 0 aliphatic heterocycles. The maximum absolute atomic E-state index is 12.8. The second kappa shape index (κ2) is 9.78. The van der Waals surface area contributed by atoms with Gasteiger partial charge in [-0.25, -0.2) is 4.79 Å². The summed E-state index contributed by atoms with van der Waals surface area (Å²) in [4.78, 5) is 25.8. The molecule has 1 aliphatic carbocycles. The first-order chi connectivity index (χ1) is 14.1. The zero-order valence-electron chi connectivity index (χ0n) is 16.9. The van der Waals surface area contributed by atoms with Crippen LogP contribution in [0.25, 0.3) is 0 Å². The third-order valence-electron chi connectivity index (χ3n) is 5.47. The van der Waals surface area contributed by atoms with Gasteiger partial charge in [-0.1, -0.05) is 18.2 Å². The van der Waals surface area contributed by atoms with Crippen LogP contribution >= 0.6 is 11.3 Å². The average Bonchev–Trinajstić information content (AvgIpc) is 3.29. The molecule has 1 aromatic carbocycles. The minimum Gasteiger partial charge on any atom is -0.496 e. The summed E-state index contributed by atoms with van der Waals surface area (Å²) in [5, 5.41) is 7.86. The van der Waals surface area contributed by atoms with Gasteiger partial charge in [0.1, 0.15) is 11.9 Å². The zero-order valence-corrected chi connectivity index (χ0v) is 17.7. The average molecular weight is 417 g/mol. The van der Waals surface area contributed by atoms with Gasteiger partial charge in [-0.3, -0.25) is 4.79 Å². The number of benzene rings is 1. The lowest BCUT2D eigenvalue weighted by atomic mass is 9.72. The number of methoxy groups -OCH3 is 1. The fourth-order valence-corrected chi connectivity index (χ4v) is 4.85. The molecule has 29 heavy (non-hydrogen) atoms. The molecule has 2 N–H and O–H groups in total. The third-order valence-corrected chi connectivity index (χ3v) is 6.58. The number of nitrogens with one attached hydrogen (secondary N) is 2. The maximum Gasteiger partial charge on any atom is 0.407 e. The van der Waals surface area contributed by atoms with Crippen molar-refractivity contribution < 1.29 is 19.1 Å². The lowest BCUT2D eigenvalue weighted by molar-refractivity contribution is 0.0573. The van der Waals surface area contributed by atoms with E-state index in [-0.39, 0.29) is 23.5 Å². The van der Waals surface area contributed by atoms with Crippen molar-refractivity contribution in [2.24, 2.45) is 0 Å². The van der Waals surface area contributed by atoms with Gasteiger partial charge in [0.25, 0.3) is 5.91 Å². The molecule has 1 fully saturated rings. The second-order valence-electron chi connectivity index (χ2n) is 7.28. The number of thiophene rings is 1. The van der Waals surface area contributed by atoms with E-state index >= 15 is 0 Å². The van der Waals surface area contributed by atoms with Crippen molar-refractivity contribution in [1.82, 2.24) is 10.6 Å². The molecule has 1 aromatic heterocycles. The van der Waals surface area contributed by atoms with E-state index in [4.69, 9.17) is 9.47 Å². The van der Waals surface area contributed by atoms with Crippen molar-refractivity contribution in [3.63, 3.8) is 0 Å². The van der Waals surface area contributed by atoms with Crippen LogP contribution in [0.1, 0.15) is 47.8 Å². The normalized spacial score (nSPS) is 21.2. The molecule has 0 unspecified atom stereocenters. The summed E-state index contributed by atoms with van der Waals surface area (Å²) in [5.74, 6) is 0.424. The summed E-state index contributed by atoms with van der Waals surface area (Å²) < 4.78 is 10.8. The fourth-order valence-electron chi connectivity index (χ4n) is 3.87. The Kier molecular flexibility index (Phi) is 7.14. The highest BCUT2D eigenvalue weighted by Crippen LogP contribution is 2.42. The summed E-state index contributed by atoms with van der Waals surface area (Å²) in [6.07, 6.45) is 2.82. The number of alkyl carbamates (subject to hydrolysis) is 1. The SMILES string of the molecule is CCNC(=O)OC1CCC(CNC(=O)c2ccccc2OC)(c2cccs2)CC1. The smallest absolute Gasteiger partial charge is 0.407 e. The quantitative estimate of drug-likeness (QED) is 0.712. The molecule has 7 heteroatoms. The van der Waals surface area contributed by atoms with E-state index in [9.17, 15) is 9.59 Å². The molecule has 6 nitrogen and oxygen atoms in total. The van der Waals surface area contributed by atoms with E-state index in [0.717, 1.165) is 25.7 Å². The molecule has 1 aliphatic rings. The predicted molar refractivity (Wildman–Crippen MR) is 114 cm³/mol. The summed E-state index contributed by atoms with van der Waals surface area (Å²) in [7, 11) is 1.56. The molecule has 0 saturated heterocycles. The number of rotatable bonds is 7. The Morgan fingerprint density at radius 3 is 2.55 bits per heavy atom. The number of hydrogen-bond donors (Lipinski definition) is 2. The first-order valence-corrected chi connectivity index (χ1v) is 10.9. The fraction of sp³-hybridized carbons (Fsp3) is 0.455. The maximum atomic E-state index is 12.8. The van der Waals surface area contributed by atoms with Gasteiger partial charge in [0.05, 0.1) is 12.7 Å². The van der Waals surface area contributed by atoms with E-state index in [2.05, 4.69) is 22.1 Å². The molecular weight excluding hydrogens is 388 g/mol. The number of ether oxygens (including phenoxy) is 2. The number of hydrogen-bond acceptors (Lipinski definition) is 5. The zero-order chi connectivity index (χ0) is 20.7. The number of carbonyl (C=O) groups excluding carboxylic acids is 2. The molecule has 0 radical (unpaired) electrons. The molecule has 1 saturated carbocycles. The molecule has 0 atom stereocenters. The van der Waals surface area contributed by atoms with Gasteiger partial charge in [-0.05, 0) is 56.2 Å². The van der Waals surface area contributed by atoms with Gasteiger partial charge in [0.2, 0.25) is 0 Å². The highest BCUT2D eigenvalue weighted by Gasteiger charge is 2.39. The first-order valence-electron chi connectivity index (χ1n) is 9.97. The topological polar surface area (TPSA) is 76.7 Å². The van der Waals surface area contributed by atoms with Crippen molar-refractivity contribution >= 4 is 23.3 Å². The lowest BCUT2D eigenvalue weighted by Crippen LogP contribution is -2.44. The van der Waals surface area contributed by atoms with Crippen molar-refractivity contribution in [3.8, 4) is 5.75 Å². The Morgan fingerprint density at radius 1 is 1.14 bits per heavy atom. The minimum atomic E-state index is -0.356. The van der Waals surface area contributed by atoms with Gasteiger partial charge in [-0.15, -0.1) is 11.3 Å². The predicted octanol–water partition coefficient (Wildman–Crippen LogP) is 4.11. The molecule has 2 aromatic rings. The van der Waals surface area contributed by atoms with Crippen LogP contribution in [0.3, 0.4) is 0 Å². The molecule has 1 heterocycles. The van der Waals surface area contributed by atoms with Gasteiger partial charge in [0, 0.05) is 23.4 Å². The summed E-state index contributed by atoms with van der Waals surface area (Å²) in [6.45, 7) is 2.96. The standard InChI is InChI=1S/C22H28N2O4S/c1-3-23-21(26)28-16-10-12-22(13-11-16,19-9-6-14-29-19)15-24-20(25)17-7-4-5-8-18(17)27-2/h4-9,14,16H,3,10-13,15H2,1-2H3,(H,23,26)(H,24,25). The Bertz CT molecular complexity index is 814. The number of amides is 2. The van der Waals surface area contributed by atoms with Crippen molar-refractivity contribution in [1.29, 1.82) is 0 Å². The summed E-state index contributed by atoms with van der Waals surface area (Å²) >= 11 is 1.71.